The highest BCUT2D eigenvalue weighted by atomic mass is 16.6. The maximum Gasteiger partial charge on any atom is 0.407 e. The topological polar surface area (TPSA) is 70.6 Å². The van der Waals surface area contributed by atoms with Gasteiger partial charge in [0.1, 0.15) is 5.60 Å². The molecule has 0 saturated heterocycles. The molecule has 1 atom stereocenters. The summed E-state index contributed by atoms with van der Waals surface area (Å²) in [6.45, 7) is 8.59. The van der Waals surface area contributed by atoms with Gasteiger partial charge >= 0.3 is 6.09 Å². The van der Waals surface area contributed by atoms with Crippen molar-refractivity contribution in [1.82, 2.24) is 10.6 Å². The van der Waals surface area contributed by atoms with E-state index in [-0.39, 0.29) is 6.04 Å². The van der Waals surface area contributed by atoms with Crippen molar-refractivity contribution in [3.8, 4) is 0 Å². The molecule has 20 heavy (non-hydrogen) atoms. The average molecular weight is 286 g/mol. The van der Waals surface area contributed by atoms with Gasteiger partial charge < -0.3 is 20.5 Å². The molecule has 1 aliphatic carbocycles. The third-order valence-corrected chi connectivity index (χ3v) is 3.52. The van der Waals surface area contributed by atoms with Crippen molar-refractivity contribution in [3.63, 3.8) is 0 Å². The van der Waals surface area contributed by atoms with Gasteiger partial charge in [0, 0.05) is 19.1 Å². The predicted molar refractivity (Wildman–Crippen MR) is 79.7 cm³/mol. The van der Waals surface area contributed by atoms with Crippen molar-refractivity contribution in [2.75, 3.05) is 13.1 Å². The van der Waals surface area contributed by atoms with E-state index in [1.54, 1.807) is 0 Å². The number of carbonyl (C=O) groups excluding carboxylic acids is 1. The lowest BCUT2D eigenvalue weighted by Crippen LogP contribution is -2.48. The van der Waals surface area contributed by atoms with Crippen LogP contribution in [0.4, 0.5) is 4.79 Å². The summed E-state index contributed by atoms with van der Waals surface area (Å²) >= 11 is 0. The molecule has 0 aromatic heterocycles. The minimum absolute atomic E-state index is 0.105. The lowest BCUT2D eigenvalue weighted by Gasteiger charge is -2.33. The van der Waals surface area contributed by atoms with Crippen molar-refractivity contribution in [3.05, 3.63) is 0 Å². The molecule has 1 saturated carbocycles. The van der Waals surface area contributed by atoms with Crippen molar-refractivity contribution in [1.29, 1.82) is 0 Å². The second kappa shape index (κ2) is 7.27. The highest BCUT2D eigenvalue weighted by Crippen LogP contribution is 2.27. The molecule has 1 aliphatic rings. The van der Waals surface area contributed by atoms with Gasteiger partial charge in [-0.1, -0.05) is 19.3 Å². The molecule has 1 amide bonds. The largest absolute Gasteiger partial charge is 0.444 e. The van der Waals surface area contributed by atoms with E-state index in [0.717, 1.165) is 25.7 Å². The Balaban J connectivity index is 2.20. The number of amides is 1. The van der Waals surface area contributed by atoms with E-state index in [4.69, 9.17) is 4.74 Å². The number of rotatable bonds is 5. The number of hydrogen-bond acceptors (Lipinski definition) is 4. The zero-order chi connectivity index (χ0) is 15.2. The number of carbonyl (C=O) groups is 1. The van der Waals surface area contributed by atoms with Gasteiger partial charge in [-0.05, 0) is 40.5 Å². The SMILES string of the molecule is CC(CNC(=O)OC(C)(C)C)NCC1(O)CCCCC1. The molecule has 3 N–H and O–H groups in total. The number of ether oxygens (including phenoxy) is 1. The van der Waals surface area contributed by atoms with Gasteiger partial charge in [0.25, 0.3) is 0 Å². The van der Waals surface area contributed by atoms with Gasteiger partial charge in [-0.3, -0.25) is 0 Å². The van der Waals surface area contributed by atoms with E-state index in [2.05, 4.69) is 10.6 Å². The third-order valence-electron chi connectivity index (χ3n) is 3.52. The standard InChI is InChI=1S/C15H30N2O3/c1-12(10-16-13(18)20-14(2,3)4)17-11-15(19)8-6-5-7-9-15/h12,17,19H,5-11H2,1-4H3,(H,16,18). The molecule has 0 heterocycles. The van der Waals surface area contributed by atoms with Gasteiger partial charge in [0.05, 0.1) is 5.60 Å². The van der Waals surface area contributed by atoms with Gasteiger partial charge in [-0.15, -0.1) is 0 Å². The molecule has 1 rings (SSSR count). The number of aliphatic hydroxyl groups is 1. The van der Waals surface area contributed by atoms with Crippen LogP contribution in [-0.4, -0.2) is 41.5 Å². The number of alkyl carbamates (subject to hydrolysis) is 1. The van der Waals surface area contributed by atoms with Crippen LogP contribution < -0.4 is 10.6 Å². The summed E-state index contributed by atoms with van der Waals surface area (Å²) in [5.74, 6) is 0. The Kier molecular flexibility index (Phi) is 6.27. The van der Waals surface area contributed by atoms with Gasteiger partial charge in [0.15, 0.2) is 0 Å². The van der Waals surface area contributed by atoms with E-state index in [1.165, 1.54) is 6.42 Å². The Morgan fingerprint density at radius 2 is 1.90 bits per heavy atom. The van der Waals surface area contributed by atoms with Crippen molar-refractivity contribution >= 4 is 6.09 Å². The number of nitrogens with one attached hydrogen (secondary N) is 2. The average Bonchev–Trinajstić information content (AvgIpc) is 2.33. The van der Waals surface area contributed by atoms with Crippen LogP contribution in [0.5, 0.6) is 0 Å². The molecular formula is C15H30N2O3. The second-order valence-electron chi connectivity index (χ2n) is 6.95. The molecule has 1 unspecified atom stereocenters. The quantitative estimate of drug-likeness (QED) is 0.724. The Bertz CT molecular complexity index is 307. The zero-order valence-electron chi connectivity index (χ0n) is 13.3. The summed E-state index contributed by atoms with van der Waals surface area (Å²) in [4.78, 5) is 11.5. The molecule has 1 fully saturated rings. The smallest absolute Gasteiger partial charge is 0.407 e. The summed E-state index contributed by atoms with van der Waals surface area (Å²) in [5, 5.41) is 16.4. The fourth-order valence-corrected chi connectivity index (χ4v) is 2.37. The van der Waals surface area contributed by atoms with Crippen LogP contribution in [0.1, 0.15) is 59.8 Å². The maximum atomic E-state index is 11.5. The van der Waals surface area contributed by atoms with Crippen LogP contribution in [0.25, 0.3) is 0 Å². The number of hydrogen-bond donors (Lipinski definition) is 3. The molecule has 0 aliphatic heterocycles. The fraction of sp³-hybridized carbons (Fsp3) is 0.933. The van der Waals surface area contributed by atoms with Crippen LogP contribution in [0.3, 0.4) is 0 Å². The van der Waals surface area contributed by atoms with Crippen LogP contribution in [0, 0.1) is 0 Å². The Hall–Kier alpha value is -0.810. The summed E-state index contributed by atoms with van der Waals surface area (Å²) < 4.78 is 5.18. The summed E-state index contributed by atoms with van der Waals surface area (Å²) in [6.07, 6.45) is 4.75. The van der Waals surface area contributed by atoms with Crippen LogP contribution in [-0.2, 0) is 4.74 Å². The Morgan fingerprint density at radius 1 is 1.30 bits per heavy atom. The Morgan fingerprint density at radius 3 is 2.45 bits per heavy atom. The molecule has 0 radical (unpaired) electrons. The van der Waals surface area contributed by atoms with Crippen molar-refractivity contribution < 1.29 is 14.6 Å². The molecular weight excluding hydrogens is 256 g/mol. The molecule has 0 bridgehead atoms. The van der Waals surface area contributed by atoms with Crippen LogP contribution in [0.2, 0.25) is 0 Å². The summed E-state index contributed by atoms with van der Waals surface area (Å²) in [6, 6.07) is 0.105. The monoisotopic (exact) mass is 286 g/mol. The predicted octanol–water partition coefficient (Wildman–Crippen LogP) is 2.18. The van der Waals surface area contributed by atoms with E-state index < -0.39 is 17.3 Å². The fourth-order valence-electron chi connectivity index (χ4n) is 2.37. The van der Waals surface area contributed by atoms with E-state index in [1.807, 2.05) is 27.7 Å². The van der Waals surface area contributed by atoms with E-state index in [9.17, 15) is 9.90 Å². The highest BCUT2D eigenvalue weighted by Gasteiger charge is 2.29. The lowest BCUT2D eigenvalue weighted by atomic mass is 9.85. The van der Waals surface area contributed by atoms with Crippen LogP contribution >= 0.6 is 0 Å². The molecule has 5 heteroatoms. The minimum Gasteiger partial charge on any atom is -0.444 e. The summed E-state index contributed by atoms with van der Waals surface area (Å²) in [7, 11) is 0. The zero-order valence-corrected chi connectivity index (χ0v) is 13.3. The molecule has 0 spiro atoms. The molecule has 118 valence electrons. The van der Waals surface area contributed by atoms with E-state index >= 15 is 0 Å². The second-order valence-corrected chi connectivity index (χ2v) is 6.95. The van der Waals surface area contributed by atoms with E-state index in [0.29, 0.717) is 13.1 Å². The van der Waals surface area contributed by atoms with Crippen molar-refractivity contribution in [2.24, 2.45) is 0 Å². The van der Waals surface area contributed by atoms with Crippen LogP contribution in [0.15, 0.2) is 0 Å². The normalized spacial score (nSPS) is 20.2. The lowest BCUT2D eigenvalue weighted by molar-refractivity contribution is 0.00300. The molecule has 5 nitrogen and oxygen atoms in total. The minimum atomic E-state index is -0.571. The first-order valence-corrected chi connectivity index (χ1v) is 7.63. The first kappa shape index (κ1) is 17.2. The van der Waals surface area contributed by atoms with Gasteiger partial charge in [-0.2, -0.15) is 0 Å². The van der Waals surface area contributed by atoms with Gasteiger partial charge in [0.2, 0.25) is 0 Å². The molecule has 0 aromatic carbocycles. The van der Waals surface area contributed by atoms with Gasteiger partial charge in [-0.25, -0.2) is 4.79 Å². The first-order valence-electron chi connectivity index (χ1n) is 7.63. The third kappa shape index (κ3) is 7.10. The highest BCUT2D eigenvalue weighted by molar-refractivity contribution is 5.67. The maximum absolute atomic E-state index is 11.5. The first-order chi connectivity index (χ1) is 9.20. The summed E-state index contributed by atoms with van der Waals surface area (Å²) in [5.41, 5.74) is -1.05. The Labute approximate surface area is 122 Å². The van der Waals surface area contributed by atoms with Crippen molar-refractivity contribution in [2.45, 2.75) is 77.0 Å². The molecule has 0 aromatic rings.